The molecule has 0 amide bonds. The van der Waals surface area contributed by atoms with E-state index < -0.39 is 6.10 Å². The van der Waals surface area contributed by atoms with Gasteiger partial charge in [0.1, 0.15) is 12.7 Å². The summed E-state index contributed by atoms with van der Waals surface area (Å²) in [5.74, 6) is 1.35. The van der Waals surface area contributed by atoms with Gasteiger partial charge in [-0.2, -0.15) is 0 Å². The summed E-state index contributed by atoms with van der Waals surface area (Å²) in [6.07, 6.45) is -0.648. The van der Waals surface area contributed by atoms with Gasteiger partial charge in [-0.3, -0.25) is 0 Å². The second-order valence-corrected chi connectivity index (χ2v) is 4.62. The lowest BCUT2D eigenvalue weighted by atomic mass is 10.1. The minimum absolute atomic E-state index is 0.202. The third-order valence-electron chi connectivity index (χ3n) is 3.01. The molecule has 2 aromatic rings. The van der Waals surface area contributed by atoms with Gasteiger partial charge in [-0.05, 0) is 31.5 Å². The van der Waals surface area contributed by atoms with Crippen molar-refractivity contribution in [1.82, 2.24) is 0 Å². The van der Waals surface area contributed by atoms with Gasteiger partial charge in [0, 0.05) is 0 Å². The van der Waals surface area contributed by atoms with E-state index in [-0.39, 0.29) is 6.61 Å². The van der Waals surface area contributed by atoms with Crippen LogP contribution in [0.1, 0.15) is 24.2 Å². The number of aryl methyl sites for hydroxylation is 1. The first-order valence-electron chi connectivity index (χ1n) is 6.80. The largest absolute Gasteiger partial charge is 0.490 e. The normalized spacial score (nSPS) is 11.9. The molecule has 0 aromatic heterocycles. The van der Waals surface area contributed by atoms with E-state index in [1.54, 1.807) is 0 Å². The van der Waals surface area contributed by atoms with Gasteiger partial charge < -0.3 is 14.6 Å². The van der Waals surface area contributed by atoms with Crippen LogP contribution in [-0.4, -0.2) is 18.3 Å². The first-order valence-corrected chi connectivity index (χ1v) is 6.80. The fourth-order valence-electron chi connectivity index (χ4n) is 1.90. The van der Waals surface area contributed by atoms with Crippen LogP contribution in [0.3, 0.4) is 0 Å². The van der Waals surface area contributed by atoms with Gasteiger partial charge >= 0.3 is 0 Å². The molecule has 20 heavy (non-hydrogen) atoms. The lowest BCUT2D eigenvalue weighted by Gasteiger charge is -2.15. The van der Waals surface area contributed by atoms with Crippen molar-refractivity contribution >= 4 is 0 Å². The lowest BCUT2D eigenvalue weighted by Crippen LogP contribution is -2.10. The fourth-order valence-corrected chi connectivity index (χ4v) is 1.90. The number of aliphatic hydroxyl groups is 1. The highest BCUT2D eigenvalue weighted by Crippen LogP contribution is 2.27. The van der Waals surface area contributed by atoms with Crippen LogP contribution in [0.15, 0.2) is 48.5 Å². The van der Waals surface area contributed by atoms with Crippen molar-refractivity contribution in [1.29, 1.82) is 0 Å². The Labute approximate surface area is 119 Å². The molecule has 0 bridgehead atoms. The smallest absolute Gasteiger partial charge is 0.161 e. The molecule has 2 aromatic carbocycles. The molecule has 1 atom stereocenters. The molecule has 0 saturated carbocycles. The van der Waals surface area contributed by atoms with Crippen molar-refractivity contribution in [3.63, 3.8) is 0 Å². The standard InChI is InChI=1S/C17H20O3/c1-3-19-16-6-4-5-7-17(16)20-12-15(18)14-10-8-13(2)9-11-14/h4-11,15,18H,3,12H2,1-2H3. The second kappa shape index (κ2) is 6.96. The molecule has 3 nitrogen and oxygen atoms in total. The average molecular weight is 272 g/mol. The van der Waals surface area contributed by atoms with E-state index in [0.29, 0.717) is 18.1 Å². The van der Waals surface area contributed by atoms with Crippen molar-refractivity contribution in [2.24, 2.45) is 0 Å². The SMILES string of the molecule is CCOc1ccccc1OCC(O)c1ccc(C)cc1. The molecule has 106 valence electrons. The molecule has 1 N–H and O–H groups in total. The summed E-state index contributed by atoms with van der Waals surface area (Å²) < 4.78 is 11.1. The van der Waals surface area contributed by atoms with Crippen molar-refractivity contribution in [2.75, 3.05) is 13.2 Å². The Morgan fingerprint density at radius 3 is 2.15 bits per heavy atom. The van der Waals surface area contributed by atoms with Crippen molar-refractivity contribution in [3.05, 3.63) is 59.7 Å². The number of hydrogen-bond donors (Lipinski definition) is 1. The van der Waals surface area contributed by atoms with E-state index in [1.165, 1.54) is 5.56 Å². The van der Waals surface area contributed by atoms with E-state index in [2.05, 4.69) is 0 Å². The number of hydrogen-bond acceptors (Lipinski definition) is 3. The van der Waals surface area contributed by atoms with Gasteiger partial charge in [0.05, 0.1) is 6.61 Å². The molecule has 0 aliphatic heterocycles. The minimum Gasteiger partial charge on any atom is -0.490 e. The Hall–Kier alpha value is -2.00. The van der Waals surface area contributed by atoms with Gasteiger partial charge in [-0.15, -0.1) is 0 Å². The van der Waals surface area contributed by atoms with E-state index in [1.807, 2.05) is 62.4 Å². The van der Waals surface area contributed by atoms with Crippen LogP contribution in [-0.2, 0) is 0 Å². The molecule has 0 spiro atoms. The molecule has 0 fully saturated rings. The fraction of sp³-hybridized carbons (Fsp3) is 0.294. The van der Waals surface area contributed by atoms with Crippen LogP contribution < -0.4 is 9.47 Å². The average Bonchev–Trinajstić information content (AvgIpc) is 2.47. The maximum atomic E-state index is 10.1. The monoisotopic (exact) mass is 272 g/mol. The first-order chi connectivity index (χ1) is 9.70. The topological polar surface area (TPSA) is 38.7 Å². The second-order valence-electron chi connectivity index (χ2n) is 4.62. The molecule has 0 aliphatic rings. The lowest BCUT2D eigenvalue weighted by molar-refractivity contribution is 0.106. The van der Waals surface area contributed by atoms with Crippen LogP contribution in [0, 0.1) is 6.92 Å². The molecule has 2 rings (SSSR count). The molecular weight excluding hydrogens is 252 g/mol. The summed E-state index contributed by atoms with van der Waals surface area (Å²) in [5, 5.41) is 10.1. The number of ether oxygens (including phenoxy) is 2. The molecule has 0 heterocycles. The predicted octanol–water partition coefficient (Wildman–Crippen LogP) is 3.51. The van der Waals surface area contributed by atoms with Gasteiger partial charge in [0.25, 0.3) is 0 Å². The van der Waals surface area contributed by atoms with E-state index in [4.69, 9.17) is 9.47 Å². The summed E-state index contributed by atoms with van der Waals surface area (Å²) in [6.45, 7) is 4.73. The van der Waals surface area contributed by atoms with Gasteiger partial charge in [0.2, 0.25) is 0 Å². The molecular formula is C17H20O3. The number of para-hydroxylation sites is 2. The third-order valence-corrected chi connectivity index (χ3v) is 3.01. The molecule has 1 unspecified atom stereocenters. The number of rotatable bonds is 6. The highest BCUT2D eigenvalue weighted by atomic mass is 16.5. The van der Waals surface area contributed by atoms with E-state index in [9.17, 15) is 5.11 Å². The number of aliphatic hydroxyl groups excluding tert-OH is 1. The highest BCUT2D eigenvalue weighted by molar-refractivity contribution is 5.39. The van der Waals surface area contributed by atoms with Crippen LogP contribution in [0.2, 0.25) is 0 Å². The Balaban J connectivity index is 1.99. The predicted molar refractivity (Wildman–Crippen MR) is 79.2 cm³/mol. The Bertz CT molecular complexity index is 534. The van der Waals surface area contributed by atoms with Crippen molar-refractivity contribution < 1.29 is 14.6 Å². The quantitative estimate of drug-likeness (QED) is 0.874. The van der Waals surface area contributed by atoms with Crippen LogP contribution >= 0.6 is 0 Å². The minimum atomic E-state index is -0.648. The zero-order valence-electron chi connectivity index (χ0n) is 11.9. The van der Waals surface area contributed by atoms with Crippen molar-refractivity contribution in [3.8, 4) is 11.5 Å². The third kappa shape index (κ3) is 3.75. The van der Waals surface area contributed by atoms with E-state index >= 15 is 0 Å². The summed E-state index contributed by atoms with van der Waals surface area (Å²) in [5.41, 5.74) is 2.02. The zero-order valence-corrected chi connectivity index (χ0v) is 11.9. The summed E-state index contributed by atoms with van der Waals surface area (Å²) in [4.78, 5) is 0. The summed E-state index contributed by atoms with van der Waals surface area (Å²) in [7, 11) is 0. The molecule has 0 aliphatic carbocycles. The maximum Gasteiger partial charge on any atom is 0.161 e. The highest BCUT2D eigenvalue weighted by Gasteiger charge is 2.10. The van der Waals surface area contributed by atoms with Crippen LogP contribution in [0.5, 0.6) is 11.5 Å². The molecule has 0 saturated heterocycles. The van der Waals surface area contributed by atoms with Gasteiger partial charge in [-0.1, -0.05) is 42.0 Å². The van der Waals surface area contributed by atoms with Gasteiger partial charge in [0.15, 0.2) is 11.5 Å². The Kier molecular flexibility index (Phi) is 5.02. The summed E-state index contributed by atoms with van der Waals surface area (Å²) >= 11 is 0. The Morgan fingerprint density at radius 2 is 1.55 bits per heavy atom. The molecule has 0 radical (unpaired) electrons. The first kappa shape index (κ1) is 14.4. The van der Waals surface area contributed by atoms with Crippen LogP contribution in [0.25, 0.3) is 0 Å². The molecule has 3 heteroatoms. The van der Waals surface area contributed by atoms with Gasteiger partial charge in [-0.25, -0.2) is 0 Å². The van der Waals surface area contributed by atoms with Crippen LogP contribution in [0.4, 0.5) is 0 Å². The number of benzene rings is 2. The zero-order chi connectivity index (χ0) is 14.4. The summed E-state index contributed by atoms with van der Waals surface area (Å²) in [6, 6.07) is 15.3. The maximum absolute atomic E-state index is 10.1. The van der Waals surface area contributed by atoms with E-state index in [0.717, 1.165) is 5.56 Å². The Morgan fingerprint density at radius 1 is 0.950 bits per heavy atom. The van der Waals surface area contributed by atoms with Crippen molar-refractivity contribution in [2.45, 2.75) is 20.0 Å².